The van der Waals surface area contributed by atoms with Crippen molar-refractivity contribution in [3.8, 4) is 5.75 Å². The number of primary amides is 1. The second-order valence-corrected chi connectivity index (χ2v) is 4.26. The summed E-state index contributed by atoms with van der Waals surface area (Å²) in [5, 5.41) is 0. The van der Waals surface area contributed by atoms with Gasteiger partial charge in [-0.05, 0) is 31.2 Å². The predicted octanol–water partition coefficient (Wildman–Crippen LogP) is 0.331. The monoisotopic (exact) mass is 251 g/mol. The highest BCUT2D eigenvalue weighted by molar-refractivity contribution is 5.75. The second kappa shape index (κ2) is 7.68. The van der Waals surface area contributed by atoms with Crippen LogP contribution in [0.4, 0.5) is 0 Å². The van der Waals surface area contributed by atoms with Crippen molar-refractivity contribution in [2.75, 3.05) is 26.7 Å². The minimum Gasteiger partial charge on any atom is -0.494 e. The molecule has 0 aliphatic heterocycles. The van der Waals surface area contributed by atoms with Crippen LogP contribution in [0.2, 0.25) is 0 Å². The molecule has 0 fully saturated rings. The smallest absolute Gasteiger partial charge is 0.231 e. The van der Waals surface area contributed by atoms with Gasteiger partial charge in [-0.15, -0.1) is 0 Å². The number of carbonyl (C=O) groups is 1. The van der Waals surface area contributed by atoms with E-state index in [-0.39, 0.29) is 12.5 Å². The van der Waals surface area contributed by atoms with Gasteiger partial charge < -0.3 is 16.2 Å². The molecule has 0 heterocycles. The molecule has 18 heavy (non-hydrogen) atoms. The van der Waals surface area contributed by atoms with E-state index in [4.69, 9.17) is 16.2 Å². The van der Waals surface area contributed by atoms with Crippen molar-refractivity contribution in [1.29, 1.82) is 0 Å². The van der Waals surface area contributed by atoms with Crippen molar-refractivity contribution in [1.82, 2.24) is 4.90 Å². The molecule has 5 heteroatoms. The summed E-state index contributed by atoms with van der Waals surface area (Å²) in [5.74, 6) is 0.518. The van der Waals surface area contributed by atoms with E-state index in [0.29, 0.717) is 13.2 Å². The average molecular weight is 251 g/mol. The second-order valence-electron chi connectivity index (χ2n) is 4.26. The van der Waals surface area contributed by atoms with E-state index in [1.807, 2.05) is 36.2 Å². The van der Waals surface area contributed by atoms with Crippen LogP contribution in [0.1, 0.15) is 12.0 Å². The van der Waals surface area contributed by atoms with Gasteiger partial charge in [0, 0.05) is 13.1 Å². The van der Waals surface area contributed by atoms with Gasteiger partial charge >= 0.3 is 0 Å². The van der Waals surface area contributed by atoms with Crippen molar-refractivity contribution >= 4 is 5.91 Å². The Morgan fingerprint density at radius 3 is 2.89 bits per heavy atom. The fourth-order valence-corrected chi connectivity index (χ4v) is 1.63. The zero-order valence-corrected chi connectivity index (χ0v) is 10.8. The molecular formula is C13H21N3O2. The molecule has 0 unspecified atom stereocenters. The number of ether oxygens (including phenoxy) is 1. The maximum absolute atomic E-state index is 10.7. The normalized spacial score (nSPS) is 10.6. The Labute approximate surface area is 108 Å². The standard InChI is InChI=1S/C13H21N3O2/c1-16(10-13(15)17)6-3-7-18-12-5-2-4-11(8-12)9-14/h2,4-5,8H,3,6-7,9-10,14H2,1H3,(H2,15,17). The SMILES string of the molecule is CN(CCCOc1cccc(CN)c1)CC(N)=O. The Balaban J connectivity index is 2.23. The Hall–Kier alpha value is -1.59. The lowest BCUT2D eigenvalue weighted by atomic mass is 10.2. The molecule has 0 saturated heterocycles. The summed E-state index contributed by atoms with van der Waals surface area (Å²) in [4.78, 5) is 12.5. The third-order valence-electron chi connectivity index (χ3n) is 2.51. The summed E-state index contributed by atoms with van der Waals surface area (Å²) < 4.78 is 5.61. The molecule has 0 aliphatic rings. The number of benzene rings is 1. The van der Waals surface area contributed by atoms with Gasteiger partial charge in [-0.2, -0.15) is 0 Å². The molecule has 1 amide bonds. The van der Waals surface area contributed by atoms with Crippen LogP contribution < -0.4 is 16.2 Å². The largest absolute Gasteiger partial charge is 0.494 e. The van der Waals surface area contributed by atoms with Crippen LogP contribution in [0.15, 0.2) is 24.3 Å². The molecular weight excluding hydrogens is 230 g/mol. The predicted molar refractivity (Wildman–Crippen MR) is 71.1 cm³/mol. The van der Waals surface area contributed by atoms with Crippen LogP contribution in [0.25, 0.3) is 0 Å². The van der Waals surface area contributed by atoms with Crippen molar-refractivity contribution in [2.45, 2.75) is 13.0 Å². The van der Waals surface area contributed by atoms with Crippen molar-refractivity contribution in [3.05, 3.63) is 29.8 Å². The first-order chi connectivity index (χ1) is 8.61. The Morgan fingerprint density at radius 1 is 1.44 bits per heavy atom. The summed E-state index contributed by atoms with van der Waals surface area (Å²) in [6.07, 6.45) is 0.844. The van der Waals surface area contributed by atoms with Crippen molar-refractivity contribution in [3.63, 3.8) is 0 Å². The maximum Gasteiger partial charge on any atom is 0.231 e. The molecule has 0 aliphatic carbocycles. The number of nitrogens with zero attached hydrogens (tertiary/aromatic N) is 1. The van der Waals surface area contributed by atoms with Gasteiger partial charge in [0.2, 0.25) is 5.91 Å². The number of hydrogen-bond donors (Lipinski definition) is 2. The number of hydrogen-bond acceptors (Lipinski definition) is 4. The number of nitrogens with two attached hydrogens (primary N) is 2. The summed E-state index contributed by atoms with van der Waals surface area (Å²) >= 11 is 0. The number of likely N-dealkylation sites (N-methyl/N-ethyl adjacent to an activating group) is 1. The molecule has 100 valence electrons. The van der Waals surface area contributed by atoms with Crippen molar-refractivity contribution in [2.24, 2.45) is 11.5 Å². The van der Waals surface area contributed by atoms with Gasteiger partial charge in [-0.1, -0.05) is 12.1 Å². The first kappa shape index (κ1) is 14.5. The van der Waals surface area contributed by atoms with E-state index in [1.54, 1.807) is 0 Å². The van der Waals surface area contributed by atoms with E-state index in [2.05, 4.69) is 0 Å². The molecule has 0 radical (unpaired) electrons. The van der Waals surface area contributed by atoms with E-state index in [1.165, 1.54) is 0 Å². The average Bonchev–Trinajstić information content (AvgIpc) is 2.34. The summed E-state index contributed by atoms with van der Waals surface area (Å²) in [6, 6.07) is 7.74. The van der Waals surface area contributed by atoms with Gasteiger partial charge in [0.25, 0.3) is 0 Å². The third-order valence-corrected chi connectivity index (χ3v) is 2.51. The molecule has 0 saturated carbocycles. The molecule has 4 N–H and O–H groups in total. The Kier molecular flexibility index (Phi) is 6.18. The van der Waals surface area contributed by atoms with Gasteiger partial charge in [-0.3, -0.25) is 9.69 Å². The molecule has 0 atom stereocenters. The van der Waals surface area contributed by atoms with E-state index in [0.717, 1.165) is 24.3 Å². The van der Waals surface area contributed by atoms with E-state index in [9.17, 15) is 4.79 Å². The lowest BCUT2D eigenvalue weighted by Crippen LogP contribution is -2.31. The molecule has 5 nitrogen and oxygen atoms in total. The van der Waals surface area contributed by atoms with Crippen LogP contribution in [-0.4, -0.2) is 37.6 Å². The fraction of sp³-hybridized carbons (Fsp3) is 0.462. The highest BCUT2D eigenvalue weighted by Gasteiger charge is 2.02. The third kappa shape index (κ3) is 5.65. The number of carbonyl (C=O) groups excluding carboxylic acids is 1. The first-order valence-corrected chi connectivity index (χ1v) is 6.00. The highest BCUT2D eigenvalue weighted by atomic mass is 16.5. The van der Waals surface area contributed by atoms with Gasteiger partial charge in [-0.25, -0.2) is 0 Å². The van der Waals surface area contributed by atoms with E-state index >= 15 is 0 Å². The van der Waals surface area contributed by atoms with Crippen LogP contribution in [-0.2, 0) is 11.3 Å². The Morgan fingerprint density at radius 2 is 2.22 bits per heavy atom. The lowest BCUT2D eigenvalue weighted by Gasteiger charge is -2.14. The summed E-state index contributed by atoms with van der Waals surface area (Å²) in [6.45, 7) is 2.18. The maximum atomic E-state index is 10.7. The quantitative estimate of drug-likeness (QED) is 0.652. The van der Waals surface area contributed by atoms with Crippen LogP contribution in [0, 0.1) is 0 Å². The number of rotatable bonds is 8. The van der Waals surface area contributed by atoms with Gasteiger partial charge in [0.05, 0.1) is 13.2 Å². The minimum absolute atomic E-state index is 0.280. The summed E-state index contributed by atoms with van der Waals surface area (Å²) in [5.41, 5.74) is 11.7. The molecule has 1 aromatic carbocycles. The Bertz CT molecular complexity index is 382. The van der Waals surface area contributed by atoms with Crippen LogP contribution >= 0.6 is 0 Å². The number of amides is 1. The lowest BCUT2D eigenvalue weighted by molar-refractivity contribution is -0.118. The fourth-order valence-electron chi connectivity index (χ4n) is 1.63. The van der Waals surface area contributed by atoms with Crippen LogP contribution in [0.3, 0.4) is 0 Å². The zero-order valence-electron chi connectivity index (χ0n) is 10.8. The minimum atomic E-state index is -0.311. The molecule has 1 aromatic rings. The van der Waals surface area contributed by atoms with Crippen LogP contribution in [0.5, 0.6) is 5.75 Å². The van der Waals surface area contributed by atoms with Gasteiger partial charge in [0.15, 0.2) is 0 Å². The topological polar surface area (TPSA) is 81.6 Å². The molecule has 0 bridgehead atoms. The molecule has 1 rings (SSSR count). The van der Waals surface area contributed by atoms with Crippen molar-refractivity contribution < 1.29 is 9.53 Å². The summed E-state index contributed by atoms with van der Waals surface area (Å²) in [7, 11) is 1.86. The highest BCUT2D eigenvalue weighted by Crippen LogP contribution is 2.12. The van der Waals surface area contributed by atoms with Gasteiger partial charge in [0.1, 0.15) is 5.75 Å². The molecule has 0 spiro atoms. The molecule has 0 aromatic heterocycles. The first-order valence-electron chi connectivity index (χ1n) is 6.00. The zero-order chi connectivity index (χ0) is 13.4. The van der Waals surface area contributed by atoms with E-state index < -0.39 is 0 Å².